The van der Waals surface area contributed by atoms with Gasteiger partial charge in [-0.25, -0.2) is 4.98 Å². The third-order valence-electron chi connectivity index (χ3n) is 6.17. The first kappa shape index (κ1) is 19.8. The Morgan fingerprint density at radius 3 is 2.61 bits per heavy atom. The summed E-state index contributed by atoms with van der Waals surface area (Å²) in [6.07, 6.45) is 3.10. The maximum Gasteiger partial charge on any atom is 0.255 e. The summed E-state index contributed by atoms with van der Waals surface area (Å²) in [5.41, 5.74) is 5.65. The fourth-order valence-corrected chi connectivity index (χ4v) is 4.51. The molecule has 0 atom stereocenters. The zero-order valence-corrected chi connectivity index (χ0v) is 18.1. The van der Waals surface area contributed by atoms with Crippen LogP contribution in [0.15, 0.2) is 65.6 Å². The van der Waals surface area contributed by atoms with Crippen molar-refractivity contribution in [1.82, 2.24) is 19.4 Å². The highest BCUT2D eigenvalue weighted by Crippen LogP contribution is 2.26. The van der Waals surface area contributed by atoms with Crippen LogP contribution in [0.5, 0.6) is 0 Å². The van der Waals surface area contributed by atoms with Crippen molar-refractivity contribution < 1.29 is 0 Å². The summed E-state index contributed by atoms with van der Waals surface area (Å²) in [5, 5.41) is 1.28. The molecule has 5 nitrogen and oxygen atoms in total. The number of nitrogens with zero attached hydrogens (tertiary/aromatic N) is 3. The van der Waals surface area contributed by atoms with Crippen molar-refractivity contribution in [3.63, 3.8) is 0 Å². The molecule has 5 heteroatoms. The highest BCUT2D eigenvalue weighted by molar-refractivity contribution is 5.84. The number of rotatable bonds is 5. The molecule has 0 spiro atoms. The van der Waals surface area contributed by atoms with Gasteiger partial charge in [0.1, 0.15) is 5.82 Å². The molecule has 3 heterocycles. The quantitative estimate of drug-likeness (QED) is 0.527. The molecule has 1 N–H and O–H groups in total. The molecule has 0 unspecified atom stereocenters. The van der Waals surface area contributed by atoms with E-state index in [1.54, 1.807) is 0 Å². The van der Waals surface area contributed by atoms with E-state index in [-0.39, 0.29) is 11.5 Å². The normalized spacial score (nSPS) is 14.3. The van der Waals surface area contributed by atoms with E-state index < -0.39 is 0 Å². The van der Waals surface area contributed by atoms with Gasteiger partial charge in [0.25, 0.3) is 5.56 Å². The lowest BCUT2D eigenvalue weighted by atomic mass is 10.0. The Morgan fingerprint density at radius 1 is 1.03 bits per heavy atom. The molecule has 1 aliphatic heterocycles. The first-order valence-corrected chi connectivity index (χ1v) is 11.0. The predicted octanol–water partition coefficient (Wildman–Crippen LogP) is 4.45. The van der Waals surface area contributed by atoms with Crippen LogP contribution < -0.4 is 5.56 Å². The molecule has 0 bridgehead atoms. The second-order valence-electron chi connectivity index (χ2n) is 8.78. The maximum absolute atomic E-state index is 12.7. The van der Waals surface area contributed by atoms with Crippen LogP contribution in [0.2, 0.25) is 0 Å². The van der Waals surface area contributed by atoms with Gasteiger partial charge in [0.05, 0.1) is 11.3 Å². The van der Waals surface area contributed by atoms with Crippen LogP contribution >= 0.6 is 0 Å². The van der Waals surface area contributed by atoms with Gasteiger partial charge in [-0.15, -0.1) is 0 Å². The van der Waals surface area contributed by atoms with Crippen LogP contribution in [0.3, 0.4) is 0 Å². The van der Waals surface area contributed by atoms with Gasteiger partial charge in [-0.1, -0.05) is 62.4 Å². The molecule has 0 saturated carbocycles. The Hall–Kier alpha value is -3.18. The summed E-state index contributed by atoms with van der Waals surface area (Å²) in [5.74, 6) is 1.02. The predicted molar refractivity (Wildman–Crippen MR) is 124 cm³/mol. The fraction of sp³-hybridized carbons (Fsp3) is 0.308. The monoisotopic (exact) mass is 412 g/mol. The van der Waals surface area contributed by atoms with Gasteiger partial charge < -0.3 is 9.55 Å². The standard InChI is InChI=1S/C26H28N4O/c1-18(2)25-27-23-12-13-29(17-22(23)26(31)28-25)15-20-16-30(14-19-8-4-3-5-9-19)24-11-7-6-10-21(20)24/h3-11,16,18H,12-15,17H2,1-2H3,(H,27,28,31). The number of aromatic nitrogens is 3. The van der Waals surface area contributed by atoms with E-state index in [2.05, 4.69) is 89.1 Å². The third kappa shape index (κ3) is 3.93. The zero-order valence-electron chi connectivity index (χ0n) is 18.1. The maximum atomic E-state index is 12.7. The fourth-order valence-electron chi connectivity index (χ4n) is 4.51. The molecular weight excluding hydrogens is 384 g/mol. The van der Waals surface area contributed by atoms with Gasteiger partial charge >= 0.3 is 0 Å². The van der Waals surface area contributed by atoms with Gasteiger partial charge in [-0.3, -0.25) is 9.69 Å². The van der Waals surface area contributed by atoms with Crippen molar-refractivity contribution in [1.29, 1.82) is 0 Å². The lowest BCUT2D eigenvalue weighted by Crippen LogP contribution is -2.35. The van der Waals surface area contributed by atoms with Gasteiger partial charge in [0.2, 0.25) is 0 Å². The molecule has 4 aromatic rings. The number of benzene rings is 2. The number of nitrogens with one attached hydrogen (secondary N) is 1. The molecule has 158 valence electrons. The van der Waals surface area contributed by atoms with E-state index in [1.165, 1.54) is 22.0 Å². The SMILES string of the molecule is CC(C)c1nc2c(c(=O)[nH]1)CN(Cc1cn(Cc3ccccc3)c3ccccc13)CC2. The minimum absolute atomic E-state index is 0.0184. The van der Waals surface area contributed by atoms with Gasteiger partial charge in [0.15, 0.2) is 0 Å². The molecule has 2 aromatic heterocycles. The van der Waals surface area contributed by atoms with Crippen molar-refractivity contribution in [3.8, 4) is 0 Å². The largest absolute Gasteiger partial charge is 0.343 e. The summed E-state index contributed by atoms with van der Waals surface area (Å²) in [6.45, 7) is 7.36. The second kappa shape index (κ2) is 8.16. The molecule has 2 aromatic carbocycles. The first-order valence-electron chi connectivity index (χ1n) is 11.0. The Kier molecular flexibility index (Phi) is 5.20. The van der Waals surface area contributed by atoms with E-state index in [1.807, 2.05) is 0 Å². The highest BCUT2D eigenvalue weighted by atomic mass is 16.1. The van der Waals surface area contributed by atoms with Crippen molar-refractivity contribution in [2.24, 2.45) is 0 Å². The molecule has 5 rings (SSSR count). The van der Waals surface area contributed by atoms with E-state index in [0.29, 0.717) is 6.54 Å². The van der Waals surface area contributed by atoms with Crippen molar-refractivity contribution in [2.75, 3.05) is 6.54 Å². The number of hydrogen-bond acceptors (Lipinski definition) is 3. The lowest BCUT2D eigenvalue weighted by Gasteiger charge is -2.27. The van der Waals surface area contributed by atoms with E-state index >= 15 is 0 Å². The minimum Gasteiger partial charge on any atom is -0.343 e. The number of aromatic amines is 1. The average Bonchev–Trinajstić information content (AvgIpc) is 3.12. The Balaban J connectivity index is 1.42. The summed E-state index contributed by atoms with van der Waals surface area (Å²) >= 11 is 0. The summed E-state index contributed by atoms with van der Waals surface area (Å²) in [6, 6.07) is 19.2. The number of fused-ring (bicyclic) bond motifs is 2. The number of para-hydroxylation sites is 1. The third-order valence-corrected chi connectivity index (χ3v) is 6.17. The van der Waals surface area contributed by atoms with Gasteiger partial charge in [-0.2, -0.15) is 0 Å². The molecule has 0 aliphatic carbocycles. The van der Waals surface area contributed by atoms with Gasteiger partial charge in [0, 0.05) is 55.6 Å². The molecule has 1 aliphatic rings. The minimum atomic E-state index is 0.0184. The van der Waals surface area contributed by atoms with E-state index in [0.717, 1.165) is 43.1 Å². The van der Waals surface area contributed by atoms with Gasteiger partial charge in [-0.05, 0) is 17.2 Å². The molecule has 0 saturated heterocycles. The number of H-pyrrole nitrogens is 1. The first-order chi connectivity index (χ1) is 15.1. The van der Waals surface area contributed by atoms with Crippen molar-refractivity contribution >= 4 is 10.9 Å². The second-order valence-corrected chi connectivity index (χ2v) is 8.78. The molecular formula is C26H28N4O. The number of hydrogen-bond donors (Lipinski definition) is 1. The van der Waals surface area contributed by atoms with E-state index in [9.17, 15) is 4.79 Å². The smallest absolute Gasteiger partial charge is 0.255 e. The molecule has 0 fully saturated rings. The topological polar surface area (TPSA) is 53.9 Å². The van der Waals surface area contributed by atoms with E-state index in [4.69, 9.17) is 4.98 Å². The highest BCUT2D eigenvalue weighted by Gasteiger charge is 2.23. The van der Waals surface area contributed by atoms with Crippen LogP contribution in [0, 0.1) is 0 Å². The van der Waals surface area contributed by atoms with Crippen LogP contribution in [0.25, 0.3) is 10.9 Å². The Morgan fingerprint density at radius 2 is 1.81 bits per heavy atom. The summed E-state index contributed by atoms with van der Waals surface area (Å²) in [4.78, 5) is 22.8. The van der Waals surface area contributed by atoms with Crippen molar-refractivity contribution in [3.05, 3.63) is 99.4 Å². The van der Waals surface area contributed by atoms with Crippen molar-refractivity contribution in [2.45, 2.75) is 45.8 Å². The zero-order chi connectivity index (χ0) is 21.4. The van der Waals surface area contributed by atoms with Crippen LogP contribution in [-0.4, -0.2) is 26.0 Å². The lowest BCUT2D eigenvalue weighted by molar-refractivity contribution is 0.242. The Labute approximate surface area is 182 Å². The molecule has 0 radical (unpaired) electrons. The van der Waals surface area contributed by atoms with Crippen LogP contribution in [-0.2, 0) is 26.1 Å². The van der Waals surface area contributed by atoms with Crippen LogP contribution in [0.4, 0.5) is 0 Å². The molecule has 0 amide bonds. The summed E-state index contributed by atoms with van der Waals surface area (Å²) < 4.78 is 2.33. The van der Waals surface area contributed by atoms with Crippen LogP contribution in [0.1, 0.15) is 48.0 Å². The Bertz CT molecular complexity index is 1270. The average molecular weight is 413 g/mol. The summed E-state index contributed by atoms with van der Waals surface area (Å²) in [7, 11) is 0. The molecule has 31 heavy (non-hydrogen) atoms.